The lowest BCUT2D eigenvalue weighted by molar-refractivity contribution is 0.0320. The molecule has 0 bridgehead atoms. The monoisotopic (exact) mass is 217 g/mol. The zero-order valence-corrected chi connectivity index (χ0v) is 8.79. The maximum Gasteiger partial charge on any atom is 0.111 e. The smallest absolute Gasteiger partial charge is 0.111 e. The summed E-state index contributed by atoms with van der Waals surface area (Å²) in [5.74, 6) is 0. The lowest BCUT2D eigenvalue weighted by Crippen LogP contribution is -2.36. The second-order valence-corrected chi connectivity index (χ2v) is 5.18. The molecule has 72 valence electrons. The number of aryl methyl sites for hydroxylation is 1. The summed E-state index contributed by atoms with van der Waals surface area (Å²) in [7, 11) is 0. The first kappa shape index (κ1) is 9.46. The van der Waals surface area contributed by atoms with Crippen molar-refractivity contribution in [1.82, 2.24) is 0 Å². The van der Waals surface area contributed by atoms with E-state index in [0.29, 0.717) is 0 Å². The molecular weight excluding hydrogens is 206 g/mol. The van der Waals surface area contributed by atoms with Crippen molar-refractivity contribution < 1.29 is 5.11 Å². The van der Waals surface area contributed by atoms with Gasteiger partial charge in [-0.25, -0.2) is 0 Å². The third kappa shape index (κ3) is 1.50. The van der Waals surface area contributed by atoms with Gasteiger partial charge in [0.1, 0.15) is 5.60 Å². The van der Waals surface area contributed by atoms with E-state index in [4.69, 9.17) is 17.3 Å². The predicted octanol–water partition coefficient (Wildman–Crippen LogP) is 1.88. The van der Waals surface area contributed by atoms with Crippen LogP contribution in [0.25, 0.3) is 0 Å². The van der Waals surface area contributed by atoms with Crippen LogP contribution in [0.5, 0.6) is 0 Å². The molecule has 0 spiro atoms. The highest BCUT2D eigenvalue weighted by atomic mass is 35.5. The molecule has 4 heteroatoms. The molecular formula is C9H12ClNOS. The Bertz CT molecular complexity index is 325. The Morgan fingerprint density at radius 3 is 3.15 bits per heavy atom. The van der Waals surface area contributed by atoms with E-state index in [9.17, 15) is 5.11 Å². The molecule has 0 saturated heterocycles. The molecule has 1 heterocycles. The molecule has 0 fully saturated rings. The van der Waals surface area contributed by atoms with Gasteiger partial charge < -0.3 is 10.8 Å². The fourth-order valence-electron chi connectivity index (χ4n) is 1.85. The Hall–Kier alpha value is -0.0900. The zero-order chi connectivity index (χ0) is 9.47. The van der Waals surface area contributed by atoms with Gasteiger partial charge in [-0.2, -0.15) is 0 Å². The molecule has 0 aromatic carbocycles. The molecule has 1 aliphatic carbocycles. The number of aliphatic hydroxyl groups is 1. The lowest BCUT2D eigenvalue weighted by Gasteiger charge is -2.30. The second kappa shape index (κ2) is 3.24. The van der Waals surface area contributed by atoms with E-state index in [1.54, 1.807) is 0 Å². The van der Waals surface area contributed by atoms with Crippen molar-refractivity contribution in [2.24, 2.45) is 5.73 Å². The van der Waals surface area contributed by atoms with Crippen LogP contribution in [0.2, 0.25) is 4.34 Å². The normalized spacial score (nSPS) is 27.3. The lowest BCUT2D eigenvalue weighted by atomic mass is 9.85. The summed E-state index contributed by atoms with van der Waals surface area (Å²) in [5, 5.41) is 10.2. The molecule has 1 unspecified atom stereocenters. The minimum atomic E-state index is -0.814. The topological polar surface area (TPSA) is 46.2 Å². The summed E-state index contributed by atoms with van der Waals surface area (Å²) in [4.78, 5) is 0.978. The molecule has 0 amide bonds. The predicted molar refractivity (Wildman–Crippen MR) is 55.2 cm³/mol. The van der Waals surface area contributed by atoms with Gasteiger partial charge in [-0.3, -0.25) is 0 Å². The molecule has 2 nitrogen and oxygen atoms in total. The van der Waals surface area contributed by atoms with Crippen LogP contribution in [0.4, 0.5) is 0 Å². The van der Waals surface area contributed by atoms with E-state index in [1.807, 2.05) is 6.07 Å². The highest BCUT2D eigenvalue weighted by Gasteiger charge is 2.34. The molecule has 1 atom stereocenters. The van der Waals surface area contributed by atoms with Gasteiger partial charge >= 0.3 is 0 Å². The van der Waals surface area contributed by atoms with Gasteiger partial charge in [0.2, 0.25) is 0 Å². The quantitative estimate of drug-likeness (QED) is 0.755. The largest absolute Gasteiger partial charge is 0.383 e. The second-order valence-electron chi connectivity index (χ2n) is 3.49. The number of nitrogens with two attached hydrogens (primary N) is 1. The van der Waals surface area contributed by atoms with Crippen molar-refractivity contribution in [2.75, 3.05) is 6.54 Å². The van der Waals surface area contributed by atoms with Crippen LogP contribution >= 0.6 is 22.9 Å². The highest BCUT2D eigenvalue weighted by Crippen LogP contribution is 2.41. The Balaban J connectivity index is 2.47. The summed E-state index contributed by atoms with van der Waals surface area (Å²) >= 11 is 7.36. The maximum absolute atomic E-state index is 10.2. The Labute approximate surface area is 86.3 Å². The molecule has 1 aliphatic rings. The summed E-state index contributed by atoms with van der Waals surface area (Å²) in [6.07, 6.45) is 2.77. The fourth-order valence-corrected chi connectivity index (χ4v) is 3.28. The van der Waals surface area contributed by atoms with E-state index in [1.165, 1.54) is 16.9 Å². The third-order valence-electron chi connectivity index (χ3n) is 2.58. The number of hydrogen-bond acceptors (Lipinski definition) is 3. The Morgan fingerprint density at radius 1 is 1.69 bits per heavy atom. The average molecular weight is 218 g/mol. The van der Waals surface area contributed by atoms with Crippen molar-refractivity contribution in [3.8, 4) is 0 Å². The summed E-state index contributed by atoms with van der Waals surface area (Å²) in [6, 6.07) is 1.95. The van der Waals surface area contributed by atoms with Gasteiger partial charge in [-0.15, -0.1) is 11.3 Å². The highest BCUT2D eigenvalue weighted by molar-refractivity contribution is 7.16. The van der Waals surface area contributed by atoms with Crippen LogP contribution in [0, 0.1) is 0 Å². The van der Waals surface area contributed by atoms with E-state index < -0.39 is 5.60 Å². The third-order valence-corrected chi connectivity index (χ3v) is 4.08. The molecule has 1 aromatic heterocycles. The minimum absolute atomic E-state index is 0.289. The van der Waals surface area contributed by atoms with Crippen LogP contribution in [0.3, 0.4) is 0 Å². The summed E-state index contributed by atoms with van der Waals surface area (Å²) in [6.45, 7) is 0.289. The number of hydrogen-bond donors (Lipinski definition) is 2. The number of rotatable bonds is 1. The zero-order valence-electron chi connectivity index (χ0n) is 7.22. The van der Waals surface area contributed by atoms with Crippen molar-refractivity contribution >= 4 is 22.9 Å². The van der Waals surface area contributed by atoms with Gasteiger partial charge in [0.05, 0.1) is 4.34 Å². The molecule has 1 aromatic rings. The van der Waals surface area contributed by atoms with Gasteiger partial charge in [0, 0.05) is 11.4 Å². The molecule has 0 saturated carbocycles. The SMILES string of the molecule is NCC1(O)CCCc2cc(Cl)sc21. The Kier molecular flexibility index (Phi) is 2.36. The number of fused-ring (bicyclic) bond motifs is 1. The first-order chi connectivity index (χ1) is 6.15. The Morgan fingerprint density at radius 2 is 2.46 bits per heavy atom. The van der Waals surface area contributed by atoms with E-state index in [2.05, 4.69) is 0 Å². The van der Waals surface area contributed by atoms with Crippen molar-refractivity contribution in [2.45, 2.75) is 24.9 Å². The molecule has 2 rings (SSSR count). The molecule has 3 N–H and O–H groups in total. The average Bonchev–Trinajstić information content (AvgIpc) is 2.48. The first-order valence-corrected chi connectivity index (χ1v) is 5.56. The van der Waals surface area contributed by atoms with Crippen LogP contribution in [0.15, 0.2) is 6.07 Å². The van der Waals surface area contributed by atoms with Gasteiger partial charge in [-0.05, 0) is 30.9 Å². The van der Waals surface area contributed by atoms with E-state index >= 15 is 0 Å². The van der Waals surface area contributed by atoms with E-state index in [-0.39, 0.29) is 6.54 Å². The number of halogens is 1. The molecule has 0 aliphatic heterocycles. The van der Waals surface area contributed by atoms with Crippen LogP contribution in [0.1, 0.15) is 23.3 Å². The fraction of sp³-hybridized carbons (Fsp3) is 0.556. The van der Waals surface area contributed by atoms with Crippen molar-refractivity contribution in [1.29, 1.82) is 0 Å². The van der Waals surface area contributed by atoms with Crippen LogP contribution in [-0.2, 0) is 12.0 Å². The van der Waals surface area contributed by atoms with Crippen LogP contribution in [-0.4, -0.2) is 11.7 Å². The maximum atomic E-state index is 10.2. The van der Waals surface area contributed by atoms with Gasteiger partial charge in [0.15, 0.2) is 0 Å². The van der Waals surface area contributed by atoms with Crippen molar-refractivity contribution in [3.63, 3.8) is 0 Å². The number of thiophene rings is 1. The summed E-state index contributed by atoms with van der Waals surface area (Å²) < 4.78 is 0.749. The molecule has 13 heavy (non-hydrogen) atoms. The molecule has 0 radical (unpaired) electrons. The first-order valence-electron chi connectivity index (χ1n) is 4.37. The van der Waals surface area contributed by atoms with Crippen molar-refractivity contribution in [3.05, 3.63) is 20.8 Å². The van der Waals surface area contributed by atoms with Gasteiger partial charge in [0.25, 0.3) is 0 Å². The van der Waals surface area contributed by atoms with Gasteiger partial charge in [-0.1, -0.05) is 11.6 Å². The standard InChI is InChI=1S/C9H12ClNOS/c10-7-4-6-2-1-3-9(12,5-11)8(6)13-7/h4,12H,1-3,5,11H2. The minimum Gasteiger partial charge on any atom is -0.383 e. The van der Waals surface area contributed by atoms with E-state index in [0.717, 1.165) is 28.5 Å². The summed E-state index contributed by atoms with van der Waals surface area (Å²) in [5.41, 5.74) is 5.94. The van der Waals surface area contributed by atoms with Crippen LogP contribution < -0.4 is 5.73 Å².